The van der Waals surface area contributed by atoms with Crippen molar-refractivity contribution in [2.45, 2.75) is 18.4 Å². The van der Waals surface area contributed by atoms with Crippen molar-refractivity contribution in [3.8, 4) is 17.7 Å². The first kappa shape index (κ1) is 26.8. The number of carboxylic acid groups (broad SMARTS) is 1. The smallest absolute Gasteiger partial charge is 0.545 e. The summed E-state index contributed by atoms with van der Waals surface area (Å²) in [4.78, 5) is 11.8. The second-order valence-corrected chi connectivity index (χ2v) is 9.63. The van der Waals surface area contributed by atoms with Crippen molar-refractivity contribution in [2.24, 2.45) is 0 Å². The third-order valence-electron chi connectivity index (χ3n) is 5.28. The minimum absolute atomic E-state index is 0. The average molecular weight is 494 g/mol. The molecule has 0 aliphatic heterocycles. The topological polar surface area (TPSA) is 82.4 Å². The summed E-state index contributed by atoms with van der Waals surface area (Å²) in [5.74, 6) is 1.00. The molecule has 36 heavy (non-hydrogen) atoms. The number of para-hydroxylation sites is 1. The van der Waals surface area contributed by atoms with Crippen LogP contribution in [0.15, 0.2) is 96.2 Å². The van der Waals surface area contributed by atoms with E-state index in [1.54, 1.807) is 47.3 Å². The largest absolute Gasteiger partial charge is 1.00 e. The molecule has 0 atom stereocenters. The Morgan fingerprint density at radius 3 is 2.22 bits per heavy atom. The number of aromatic carboxylic acids is 1. The van der Waals surface area contributed by atoms with Crippen LogP contribution in [0.1, 0.15) is 27.0 Å². The fourth-order valence-corrected chi connectivity index (χ4v) is 4.69. The number of aromatic nitrogens is 1. The van der Waals surface area contributed by atoms with Gasteiger partial charge in [-0.2, -0.15) is 0 Å². The molecule has 0 saturated heterocycles. The van der Waals surface area contributed by atoms with E-state index in [1.807, 2.05) is 6.92 Å². The van der Waals surface area contributed by atoms with Crippen molar-refractivity contribution in [3.05, 3.63) is 119 Å². The number of hydrogen-bond donors (Lipinski definition) is 0. The number of hydrogen-bond acceptors (Lipinski definition) is 4. The van der Waals surface area contributed by atoms with Crippen LogP contribution in [-0.2, 0) is 16.6 Å². The molecule has 9 heteroatoms. The van der Waals surface area contributed by atoms with Gasteiger partial charge in [0.25, 0.3) is 10.0 Å². The Hall–Kier alpha value is -3.75. The number of carbonyl (C=O) groups excluding carboxylic acids is 1. The molecule has 0 N–H and O–H groups in total. The fraction of sp³-hybridized carbons (Fsp3) is 0.0741. The summed E-state index contributed by atoms with van der Waals surface area (Å²) in [5, 5.41) is 11.7. The molecule has 1 heterocycles. The summed E-state index contributed by atoms with van der Waals surface area (Å²) in [5.41, 5.74) is 1.91. The van der Waals surface area contributed by atoms with Crippen LogP contribution < -0.4 is 24.0 Å². The zero-order valence-electron chi connectivity index (χ0n) is 19.7. The van der Waals surface area contributed by atoms with Crippen LogP contribution in [0.3, 0.4) is 0 Å². The molecular formula is C27H20FLiN2O4S. The molecular weight excluding hydrogens is 474 g/mol. The summed E-state index contributed by atoms with van der Waals surface area (Å²) < 4.78 is 42.9. The van der Waals surface area contributed by atoms with Crippen LogP contribution in [-0.4, -0.2) is 23.3 Å². The Kier molecular flexibility index (Phi) is 8.44. The summed E-state index contributed by atoms with van der Waals surface area (Å²) >= 11 is 0. The Labute approximate surface area is 221 Å². The Morgan fingerprint density at radius 2 is 1.61 bits per heavy atom. The minimum Gasteiger partial charge on any atom is -0.545 e. The van der Waals surface area contributed by atoms with Gasteiger partial charge in [-0.3, -0.25) is 0 Å². The summed E-state index contributed by atoms with van der Waals surface area (Å²) in [6.07, 6.45) is 3.32. The summed E-state index contributed by atoms with van der Waals surface area (Å²) in [6.45, 7) is 1.71. The van der Waals surface area contributed by atoms with Gasteiger partial charge in [-0.15, -0.1) is 0 Å². The monoisotopic (exact) mass is 494 g/mol. The predicted octanol–water partition coefficient (Wildman–Crippen LogP) is 0.492. The second kappa shape index (κ2) is 11.3. The quantitative estimate of drug-likeness (QED) is 0.222. The van der Waals surface area contributed by atoms with E-state index < -0.39 is 21.8 Å². The summed E-state index contributed by atoms with van der Waals surface area (Å²) in [6, 6.07) is 22.5. The van der Waals surface area contributed by atoms with Gasteiger partial charge in [0.2, 0.25) is 0 Å². The van der Waals surface area contributed by atoms with Crippen LogP contribution >= 0.6 is 0 Å². The van der Waals surface area contributed by atoms with Crippen molar-refractivity contribution >= 4 is 16.0 Å². The molecule has 0 fully saturated rings. The van der Waals surface area contributed by atoms with E-state index in [0.717, 1.165) is 9.87 Å². The number of nitrogens with zero attached hydrogens (tertiary/aromatic N) is 2. The van der Waals surface area contributed by atoms with E-state index >= 15 is 0 Å². The Morgan fingerprint density at radius 1 is 0.972 bits per heavy atom. The van der Waals surface area contributed by atoms with E-state index in [2.05, 4.69) is 12.0 Å². The molecule has 0 aliphatic rings. The first-order valence-corrected chi connectivity index (χ1v) is 12.0. The van der Waals surface area contributed by atoms with Crippen molar-refractivity contribution in [3.63, 3.8) is 0 Å². The van der Waals surface area contributed by atoms with E-state index in [4.69, 9.17) is 0 Å². The third-order valence-corrected chi connectivity index (χ3v) is 6.95. The molecule has 0 unspecified atom stereocenters. The van der Waals surface area contributed by atoms with Crippen LogP contribution in [0.2, 0.25) is 0 Å². The third kappa shape index (κ3) is 5.90. The SMILES string of the molecule is Cc1ccc(S(=O)(=O)N(C#Cc2cccc(C(=O)[O-])c2-n2cccc2)Cc2ccc(F)cc2)cc1.[Li+]. The van der Waals surface area contributed by atoms with Crippen molar-refractivity contribution in [2.75, 3.05) is 0 Å². The fourth-order valence-electron chi connectivity index (χ4n) is 3.47. The van der Waals surface area contributed by atoms with E-state index in [-0.39, 0.29) is 41.6 Å². The van der Waals surface area contributed by atoms with Gasteiger partial charge < -0.3 is 14.5 Å². The number of carbonyl (C=O) groups is 1. The Balaban J connectivity index is 0.00000361. The van der Waals surface area contributed by atoms with Crippen molar-refractivity contribution < 1.29 is 41.6 Å². The van der Waals surface area contributed by atoms with Crippen LogP contribution in [0, 0.1) is 24.7 Å². The maximum Gasteiger partial charge on any atom is 1.00 e. The van der Waals surface area contributed by atoms with Gasteiger partial charge in [-0.25, -0.2) is 17.1 Å². The molecule has 3 aromatic carbocycles. The molecule has 0 bridgehead atoms. The number of benzene rings is 3. The van der Waals surface area contributed by atoms with Gasteiger partial charge in [0.15, 0.2) is 0 Å². The van der Waals surface area contributed by atoms with E-state index in [0.29, 0.717) is 11.1 Å². The van der Waals surface area contributed by atoms with Crippen LogP contribution in [0.25, 0.3) is 5.69 Å². The zero-order valence-corrected chi connectivity index (χ0v) is 20.5. The van der Waals surface area contributed by atoms with Gasteiger partial charge in [0.1, 0.15) is 5.82 Å². The van der Waals surface area contributed by atoms with Gasteiger partial charge in [-0.1, -0.05) is 42.0 Å². The van der Waals surface area contributed by atoms with Gasteiger partial charge in [0.05, 0.1) is 28.7 Å². The minimum atomic E-state index is -4.06. The number of halogens is 1. The maximum atomic E-state index is 13.5. The number of aryl methyl sites for hydroxylation is 1. The van der Waals surface area contributed by atoms with Crippen LogP contribution in [0.5, 0.6) is 0 Å². The van der Waals surface area contributed by atoms with Gasteiger partial charge >= 0.3 is 18.9 Å². The Bertz CT molecular complexity index is 1520. The molecule has 0 aliphatic carbocycles. The first-order chi connectivity index (χ1) is 16.8. The summed E-state index contributed by atoms with van der Waals surface area (Å²) in [7, 11) is -4.06. The molecule has 176 valence electrons. The predicted molar refractivity (Wildman–Crippen MR) is 127 cm³/mol. The molecule has 0 saturated carbocycles. The molecule has 4 rings (SSSR count). The van der Waals surface area contributed by atoms with E-state index in [9.17, 15) is 22.7 Å². The first-order valence-electron chi connectivity index (χ1n) is 10.6. The van der Waals surface area contributed by atoms with Crippen molar-refractivity contribution in [1.29, 1.82) is 0 Å². The van der Waals surface area contributed by atoms with E-state index in [1.165, 1.54) is 48.5 Å². The van der Waals surface area contributed by atoms with Gasteiger partial charge in [-0.05, 0) is 60.9 Å². The number of sulfonamides is 1. The molecule has 0 amide bonds. The normalized spacial score (nSPS) is 10.6. The van der Waals surface area contributed by atoms with Gasteiger partial charge in [0, 0.05) is 24.0 Å². The standard InChI is InChI=1S/C27H21FN2O4S.Li/c1-20-7-13-24(14-8-20)35(33,34)30(19-21-9-11-23(28)12-10-21)18-15-22-5-4-6-25(27(31)32)26(22)29-16-2-3-17-29;/h2-14,16-17H,19H2,1H3,(H,31,32);/q;+1/p-1. The molecule has 0 spiro atoms. The second-order valence-electron chi connectivity index (χ2n) is 7.77. The molecule has 0 radical (unpaired) electrons. The number of rotatable bonds is 6. The average Bonchev–Trinajstić information content (AvgIpc) is 3.37. The maximum absolute atomic E-state index is 13.5. The zero-order chi connectivity index (χ0) is 25.0. The van der Waals surface area contributed by atoms with Crippen molar-refractivity contribution in [1.82, 2.24) is 8.87 Å². The molecule has 1 aromatic heterocycles. The van der Waals surface area contributed by atoms with Crippen LogP contribution in [0.4, 0.5) is 4.39 Å². The number of carboxylic acids is 1. The molecule has 4 aromatic rings. The molecule has 6 nitrogen and oxygen atoms in total.